The third kappa shape index (κ3) is 3.75. The normalized spacial score (nSPS) is 23.7. The van der Waals surface area contributed by atoms with Gasteiger partial charge in [-0.1, -0.05) is 24.3 Å². The van der Waals surface area contributed by atoms with Gasteiger partial charge in [-0.05, 0) is 45.0 Å². The van der Waals surface area contributed by atoms with E-state index in [0.717, 1.165) is 11.4 Å². The molecule has 0 aromatic heterocycles. The van der Waals surface area contributed by atoms with Crippen molar-refractivity contribution in [2.45, 2.75) is 44.6 Å². The Morgan fingerprint density at radius 3 is 2.10 bits per heavy atom. The Balaban J connectivity index is 1.72. The van der Waals surface area contributed by atoms with E-state index in [2.05, 4.69) is 0 Å². The topological polar surface area (TPSA) is 82.5 Å². The molecular formula is C22H26N2O5. The fourth-order valence-corrected chi connectivity index (χ4v) is 3.80. The van der Waals surface area contributed by atoms with Gasteiger partial charge in [0.25, 0.3) is 0 Å². The largest absolute Gasteiger partial charge is 0.453 e. The highest BCUT2D eigenvalue weighted by Gasteiger charge is 2.43. The first-order valence-electron chi connectivity index (χ1n) is 9.74. The molecule has 154 valence electrons. The van der Waals surface area contributed by atoms with E-state index in [1.54, 1.807) is 20.8 Å². The van der Waals surface area contributed by atoms with Gasteiger partial charge in [0.2, 0.25) is 0 Å². The predicted octanol–water partition coefficient (Wildman–Crippen LogP) is 3.27. The van der Waals surface area contributed by atoms with Gasteiger partial charge in [0.1, 0.15) is 11.7 Å². The van der Waals surface area contributed by atoms with Crippen LogP contribution in [0.5, 0.6) is 11.5 Å². The molecule has 4 rings (SSSR count). The van der Waals surface area contributed by atoms with Crippen LogP contribution in [0.1, 0.15) is 20.8 Å². The Bertz CT molecular complexity index is 865. The fraction of sp³-hybridized carbons (Fsp3) is 0.409. The Morgan fingerprint density at radius 2 is 1.55 bits per heavy atom. The first-order chi connectivity index (χ1) is 13.7. The second-order valence-corrected chi connectivity index (χ2v) is 8.42. The second-order valence-electron chi connectivity index (χ2n) is 8.42. The Kier molecular flexibility index (Phi) is 4.88. The summed E-state index contributed by atoms with van der Waals surface area (Å²) >= 11 is 0. The lowest BCUT2D eigenvalue weighted by Gasteiger charge is -2.46. The summed E-state index contributed by atoms with van der Waals surface area (Å²) in [6.07, 6.45) is -2.65. The van der Waals surface area contributed by atoms with Crippen molar-refractivity contribution in [2.75, 3.05) is 18.0 Å². The van der Waals surface area contributed by atoms with Crippen molar-refractivity contribution in [2.24, 2.45) is 0 Å². The second kappa shape index (κ2) is 7.24. The van der Waals surface area contributed by atoms with Crippen LogP contribution < -0.4 is 9.64 Å². The summed E-state index contributed by atoms with van der Waals surface area (Å²) in [5.74, 6) is 1.31. The molecule has 1 amide bonds. The quantitative estimate of drug-likeness (QED) is 0.767. The van der Waals surface area contributed by atoms with E-state index in [1.165, 1.54) is 4.90 Å². The van der Waals surface area contributed by atoms with Crippen molar-refractivity contribution in [3.05, 3.63) is 48.5 Å². The van der Waals surface area contributed by atoms with E-state index in [9.17, 15) is 15.0 Å². The van der Waals surface area contributed by atoms with E-state index >= 15 is 0 Å². The number of piperidine rings is 1. The van der Waals surface area contributed by atoms with Crippen molar-refractivity contribution in [1.82, 2.24) is 4.90 Å². The van der Waals surface area contributed by atoms with E-state index in [4.69, 9.17) is 9.47 Å². The molecule has 0 spiro atoms. The molecule has 2 aliphatic rings. The summed E-state index contributed by atoms with van der Waals surface area (Å²) in [6, 6.07) is 14.5. The zero-order valence-corrected chi connectivity index (χ0v) is 16.8. The minimum absolute atomic E-state index is 0.0141. The molecule has 0 unspecified atom stereocenters. The number of hydrogen-bond donors (Lipinski definition) is 2. The Labute approximate surface area is 170 Å². The summed E-state index contributed by atoms with van der Waals surface area (Å²) in [7, 11) is 0. The third-order valence-electron chi connectivity index (χ3n) is 5.06. The van der Waals surface area contributed by atoms with Crippen molar-refractivity contribution >= 4 is 17.5 Å². The molecule has 0 saturated carbocycles. The van der Waals surface area contributed by atoms with Gasteiger partial charge in [0.15, 0.2) is 11.5 Å². The number of amides is 1. The zero-order chi connectivity index (χ0) is 20.8. The van der Waals surface area contributed by atoms with Crippen molar-refractivity contribution in [3.63, 3.8) is 0 Å². The SMILES string of the molecule is CC(C)(C)OC(=O)N1C[C@H](O)[C@@H](O)[C@@H](N2c3ccccc3Oc3ccccc32)C1. The number of aliphatic hydroxyl groups is 2. The highest BCUT2D eigenvalue weighted by molar-refractivity contribution is 5.79. The molecule has 3 atom stereocenters. The minimum Gasteiger partial charge on any atom is -0.453 e. The van der Waals surface area contributed by atoms with Crippen LogP contribution in [0, 0.1) is 0 Å². The number of carbonyl (C=O) groups excluding carboxylic acids is 1. The molecule has 1 saturated heterocycles. The highest BCUT2D eigenvalue weighted by Crippen LogP contribution is 2.48. The third-order valence-corrected chi connectivity index (χ3v) is 5.06. The number of carbonyl (C=O) groups is 1. The maximum Gasteiger partial charge on any atom is 0.410 e. The maximum absolute atomic E-state index is 12.7. The van der Waals surface area contributed by atoms with Crippen LogP contribution in [0.15, 0.2) is 48.5 Å². The molecular weight excluding hydrogens is 372 g/mol. The first kappa shape index (κ1) is 19.5. The maximum atomic E-state index is 12.7. The van der Waals surface area contributed by atoms with E-state index in [-0.39, 0.29) is 13.1 Å². The first-order valence-corrected chi connectivity index (χ1v) is 9.74. The Hall–Kier alpha value is -2.77. The van der Waals surface area contributed by atoms with Crippen molar-refractivity contribution < 1.29 is 24.5 Å². The van der Waals surface area contributed by atoms with E-state index < -0.39 is 29.9 Å². The van der Waals surface area contributed by atoms with Gasteiger partial charge >= 0.3 is 6.09 Å². The summed E-state index contributed by atoms with van der Waals surface area (Å²) < 4.78 is 11.5. The molecule has 2 aromatic rings. The standard InChI is InChI=1S/C22H26N2O5/c1-22(2,3)29-21(27)23-12-16(20(26)17(25)13-23)24-14-8-4-6-10-18(14)28-19-11-7-5-9-15(19)24/h4-11,16-17,20,25-26H,12-13H2,1-3H3/t16-,17-,20-/m0/s1. The molecule has 2 aromatic carbocycles. The van der Waals surface area contributed by atoms with Gasteiger partial charge in [0, 0.05) is 6.54 Å². The van der Waals surface area contributed by atoms with Crippen LogP contribution >= 0.6 is 0 Å². The fourth-order valence-electron chi connectivity index (χ4n) is 3.80. The summed E-state index contributed by atoms with van der Waals surface area (Å²) in [6.45, 7) is 5.61. The van der Waals surface area contributed by atoms with Crippen LogP contribution in [-0.4, -0.2) is 58.1 Å². The molecule has 7 heteroatoms. The zero-order valence-electron chi connectivity index (χ0n) is 16.8. The number of rotatable bonds is 1. The van der Waals surface area contributed by atoms with Gasteiger partial charge in [-0.3, -0.25) is 0 Å². The average molecular weight is 398 g/mol. The predicted molar refractivity (Wildman–Crippen MR) is 109 cm³/mol. The lowest BCUT2D eigenvalue weighted by atomic mass is 9.96. The number of β-amino-alcohol motifs (C(OH)–C–C–N with tert-alkyl or cyclic N) is 1. The summed E-state index contributed by atoms with van der Waals surface area (Å²) in [5, 5.41) is 21.4. The monoisotopic (exact) mass is 398 g/mol. The number of hydrogen-bond acceptors (Lipinski definition) is 6. The lowest BCUT2D eigenvalue weighted by Crippen LogP contribution is -2.62. The van der Waals surface area contributed by atoms with Gasteiger partial charge in [-0.15, -0.1) is 0 Å². The molecule has 2 heterocycles. The number of para-hydroxylation sites is 4. The molecule has 0 radical (unpaired) electrons. The molecule has 0 aliphatic carbocycles. The van der Waals surface area contributed by atoms with Gasteiger partial charge < -0.3 is 29.5 Å². The van der Waals surface area contributed by atoms with Crippen LogP contribution in [0.4, 0.5) is 16.2 Å². The van der Waals surface area contributed by atoms with Crippen LogP contribution in [0.3, 0.4) is 0 Å². The van der Waals surface area contributed by atoms with Crippen molar-refractivity contribution in [3.8, 4) is 11.5 Å². The molecule has 7 nitrogen and oxygen atoms in total. The smallest absolute Gasteiger partial charge is 0.410 e. The minimum atomic E-state index is -1.09. The summed E-state index contributed by atoms with van der Waals surface area (Å²) in [4.78, 5) is 16.0. The summed E-state index contributed by atoms with van der Waals surface area (Å²) in [5.41, 5.74) is 0.896. The van der Waals surface area contributed by atoms with Crippen LogP contribution in [0.2, 0.25) is 0 Å². The van der Waals surface area contributed by atoms with E-state index in [1.807, 2.05) is 53.4 Å². The number of likely N-dealkylation sites (tertiary alicyclic amines) is 1. The van der Waals surface area contributed by atoms with Gasteiger partial charge in [0.05, 0.1) is 30.1 Å². The highest BCUT2D eigenvalue weighted by atomic mass is 16.6. The van der Waals surface area contributed by atoms with Crippen molar-refractivity contribution in [1.29, 1.82) is 0 Å². The van der Waals surface area contributed by atoms with Gasteiger partial charge in [-0.2, -0.15) is 0 Å². The van der Waals surface area contributed by atoms with Crippen LogP contribution in [0.25, 0.3) is 0 Å². The molecule has 2 aliphatic heterocycles. The Morgan fingerprint density at radius 1 is 1.00 bits per heavy atom. The number of aliphatic hydroxyl groups excluding tert-OH is 2. The number of fused-ring (bicyclic) bond motifs is 2. The lowest BCUT2D eigenvalue weighted by molar-refractivity contribution is -0.0563. The number of anilines is 2. The van der Waals surface area contributed by atoms with Gasteiger partial charge in [-0.25, -0.2) is 4.79 Å². The average Bonchev–Trinajstić information content (AvgIpc) is 2.67. The molecule has 0 bridgehead atoms. The van der Waals surface area contributed by atoms with E-state index in [0.29, 0.717) is 11.5 Å². The molecule has 2 N–H and O–H groups in total. The molecule has 1 fully saturated rings. The molecule has 29 heavy (non-hydrogen) atoms. The number of nitrogens with zero attached hydrogens (tertiary/aromatic N) is 2. The van der Waals surface area contributed by atoms with Crippen LogP contribution in [-0.2, 0) is 4.74 Å². The number of ether oxygens (including phenoxy) is 2. The number of benzene rings is 2.